The van der Waals surface area contributed by atoms with Crippen LogP contribution in [0.25, 0.3) is 0 Å². The molecule has 1 amide bonds. The molecule has 6 rings (SSSR count). The number of halogens is 1. The van der Waals surface area contributed by atoms with Crippen molar-refractivity contribution in [3.8, 4) is 18.1 Å². The van der Waals surface area contributed by atoms with Crippen molar-refractivity contribution < 1.29 is 13.9 Å². The minimum absolute atomic E-state index is 0.187. The molecule has 4 aliphatic rings. The Morgan fingerprint density at radius 3 is 2.52 bits per heavy atom. The zero-order valence-corrected chi connectivity index (χ0v) is 19.1. The van der Waals surface area contributed by atoms with Crippen LogP contribution in [0.5, 0.6) is 5.75 Å². The largest absolute Gasteiger partial charge is 0.481 e. The van der Waals surface area contributed by atoms with Crippen molar-refractivity contribution in [3.63, 3.8) is 0 Å². The van der Waals surface area contributed by atoms with Gasteiger partial charge in [0.1, 0.15) is 18.2 Å². The molecule has 0 unspecified atom stereocenters. The first-order chi connectivity index (χ1) is 16.1. The number of ether oxygens (including phenoxy) is 1. The van der Waals surface area contributed by atoms with Crippen LogP contribution in [-0.2, 0) is 11.2 Å². The van der Waals surface area contributed by atoms with Crippen molar-refractivity contribution in [3.05, 3.63) is 65.0 Å². The zero-order chi connectivity index (χ0) is 22.8. The molecule has 2 aromatic carbocycles. The minimum Gasteiger partial charge on any atom is -0.481 e. The van der Waals surface area contributed by atoms with E-state index in [-0.39, 0.29) is 24.4 Å². The van der Waals surface area contributed by atoms with Crippen LogP contribution in [0, 0.1) is 23.6 Å². The van der Waals surface area contributed by atoms with Gasteiger partial charge in [-0.3, -0.25) is 4.79 Å². The molecule has 0 N–H and O–H groups in total. The predicted molar refractivity (Wildman–Crippen MR) is 126 cm³/mol. The number of rotatable bonds is 6. The normalized spacial score (nSPS) is 25.9. The van der Waals surface area contributed by atoms with Crippen LogP contribution in [0.4, 0.5) is 4.39 Å². The Hall–Kier alpha value is -2.84. The molecule has 0 aromatic heterocycles. The summed E-state index contributed by atoms with van der Waals surface area (Å²) in [5.74, 6) is 3.11. The van der Waals surface area contributed by atoms with E-state index in [1.54, 1.807) is 12.1 Å². The van der Waals surface area contributed by atoms with Crippen LogP contribution >= 0.6 is 0 Å². The monoisotopic (exact) mass is 446 g/mol. The standard InChI is InChI=1S/C28H31FN2O2/c1-2-19-33-24-8-5-21-10-15-31(27(25(21)20-24)22-3-6-23(29)7-4-22)26(32)9-11-28-12-16-30(17-13-28)18-14-28/h1,3-8,20,27H,9-19H2/t27-/m0/s1. The zero-order valence-electron chi connectivity index (χ0n) is 19.1. The lowest BCUT2D eigenvalue weighted by molar-refractivity contribution is -0.134. The van der Waals surface area contributed by atoms with Gasteiger partial charge in [-0.05, 0) is 98.1 Å². The van der Waals surface area contributed by atoms with Crippen molar-refractivity contribution in [2.45, 2.75) is 44.6 Å². The van der Waals surface area contributed by atoms with Gasteiger partial charge in [-0.25, -0.2) is 4.39 Å². The van der Waals surface area contributed by atoms with Gasteiger partial charge in [0.15, 0.2) is 0 Å². The van der Waals surface area contributed by atoms with Crippen LogP contribution < -0.4 is 4.74 Å². The van der Waals surface area contributed by atoms with Gasteiger partial charge < -0.3 is 14.5 Å². The average Bonchev–Trinajstić information content (AvgIpc) is 2.87. The van der Waals surface area contributed by atoms with Gasteiger partial charge >= 0.3 is 0 Å². The van der Waals surface area contributed by atoms with Gasteiger partial charge in [-0.1, -0.05) is 24.1 Å². The Morgan fingerprint density at radius 1 is 1.09 bits per heavy atom. The number of benzene rings is 2. The second-order valence-corrected chi connectivity index (χ2v) is 9.74. The third kappa shape index (κ3) is 4.50. The fourth-order valence-electron chi connectivity index (χ4n) is 5.87. The number of carbonyl (C=O) groups is 1. The molecule has 0 spiro atoms. The molecule has 2 aromatic rings. The first-order valence-corrected chi connectivity index (χ1v) is 12.0. The Labute approximate surface area is 195 Å². The summed E-state index contributed by atoms with van der Waals surface area (Å²) in [5, 5.41) is 0. The third-order valence-electron chi connectivity index (χ3n) is 7.92. The summed E-state index contributed by atoms with van der Waals surface area (Å²) in [7, 11) is 0. The molecule has 33 heavy (non-hydrogen) atoms. The minimum atomic E-state index is -0.276. The SMILES string of the molecule is C#CCOc1ccc2c(c1)[C@H](c1ccc(F)cc1)N(C(=O)CCC13CCN(CC1)CC3)CC2. The van der Waals surface area contributed by atoms with E-state index >= 15 is 0 Å². The van der Waals surface area contributed by atoms with E-state index in [4.69, 9.17) is 11.2 Å². The van der Waals surface area contributed by atoms with E-state index in [0.29, 0.717) is 24.1 Å². The highest BCUT2D eigenvalue weighted by molar-refractivity contribution is 5.78. The van der Waals surface area contributed by atoms with E-state index in [2.05, 4.69) is 16.9 Å². The molecule has 0 radical (unpaired) electrons. The lowest BCUT2D eigenvalue weighted by Gasteiger charge is -2.49. The van der Waals surface area contributed by atoms with Gasteiger partial charge in [0.2, 0.25) is 5.91 Å². The van der Waals surface area contributed by atoms with Gasteiger partial charge in [0.25, 0.3) is 0 Å². The first kappa shape index (κ1) is 22.0. The van der Waals surface area contributed by atoms with Crippen molar-refractivity contribution in [1.82, 2.24) is 9.80 Å². The Bertz CT molecular complexity index is 1040. The van der Waals surface area contributed by atoms with E-state index in [1.165, 1.54) is 56.6 Å². The summed E-state index contributed by atoms with van der Waals surface area (Å²) < 4.78 is 19.4. The summed E-state index contributed by atoms with van der Waals surface area (Å²) >= 11 is 0. The highest BCUT2D eigenvalue weighted by atomic mass is 19.1. The number of hydrogen-bond donors (Lipinski definition) is 0. The lowest BCUT2D eigenvalue weighted by atomic mass is 9.69. The number of fused-ring (bicyclic) bond motifs is 4. The molecule has 4 aliphatic heterocycles. The maximum absolute atomic E-state index is 13.7. The molecule has 2 bridgehead atoms. The number of nitrogens with zero attached hydrogens (tertiary/aromatic N) is 2. The van der Waals surface area contributed by atoms with Crippen molar-refractivity contribution in [2.24, 2.45) is 5.41 Å². The molecule has 172 valence electrons. The number of amides is 1. The van der Waals surface area contributed by atoms with Gasteiger partial charge in [-0.2, -0.15) is 0 Å². The Balaban J connectivity index is 1.41. The van der Waals surface area contributed by atoms with Crippen LogP contribution in [0.1, 0.15) is 54.8 Å². The fourth-order valence-corrected chi connectivity index (χ4v) is 5.87. The second kappa shape index (κ2) is 9.19. The quantitative estimate of drug-likeness (QED) is 0.609. The smallest absolute Gasteiger partial charge is 0.223 e. The number of carbonyl (C=O) groups excluding carboxylic acids is 1. The van der Waals surface area contributed by atoms with Gasteiger partial charge in [-0.15, -0.1) is 6.42 Å². The van der Waals surface area contributed by atoms with Crippen LogP contribution in [0.2, 0.25) is 0 Å². The Kier molecular flexibility index (Phi) is 6.12. The maximum atomic E-state index is 13.7. The summed E-state index contributed by atoms with van der Waals surface area (Å²) in [4.78, 5) is 18.1. The molecular formula is C28H31FN2O2. The first-order valence-electron chi connectivity index (χ1n) is 12.0. The molecule has 3 saturated heterocycles. The second-order valence-electron chi connectivity index (χ2n) is 9.74. The highest BCUT2D eigenvalue weighted by Gasteiger charge is 2.40. The lowest BCUT2D eigenvalue weighted by Crippen LogP contribution is -2.48. The van der Waals surface area contributed by atoms with E-state index in [0.717, 1.165) is 24.0 Å². The molecule has 4 heterocycles. The molecular weight excluding hydrogens is 415 g/mol. The van der Waals surface area contributed by atoms with Crippen molar-refractivity contribution in [1.29, 1.82) is 0 Å². The maximum Gasteiger partial charge on any atom is 0.223 e. The number of hydrogen-bond acceptors (Lipinski definition) is 3. The molecule has 5 heteroatoms. The molecule has 0 saturated carbocycles. The molecule has 4 nitrogen and oxygen atoms in total. The molecule has 1 atom stereocenters. The van der Waals surface area contributed by atoms with Crippen LogP contribution in [-0.4, -0.2) is 48.5 Å². The topological polar surface area (TPSA) is 32.8 Å². The predicted octanol–water partition coefficient (Wildman–Crippen LogP) is 4.58. The average molecular weight is 447 g/mol. The van der Waals surface area contributed by atoms with Gasteiger partial charge in [0.05, 0.1) is 6.04 Å². The van der Waals surface area contributed by atoms with Crippen LogP contribution in [0.15, 0.2) is 42.5 Å². The van der Waals surface area contributed by atoms with Crippen LogP contribution in [0.3, 0.4) is 0 Å². The highest BCUT2D eigenvalue weighted by Crippen LogP contribution is 2.44. The van der Waals surface area contributed by atoms with E-state index < -0.39 is 0 Å². The summed E-state index contributed by atoms with van der Waals surface area (Å²) in [6.07, 6.45) is 11.3. The van der Waals surface area contributed by atoms with Crippen molar-refractivity contribution >= 4 is 5.91 Å². The fraction of sp³-hybridized carbons (Fsp3) is 0.464. The summed E-state index contributed by atoms with van der Waals surface area (Å²) in [5.41, 5.74) is 3.49. The number of terminal acetylenes is 1. The Morgan fingerprint density at radius 2 is 1.82 bits per heavy atom. The van der Waals surface area contributed by atoms with E-state index in [1.807, 2.05) is 17.0 Å². The number of piperidine rings is 3. The third-order valence-corrected chi connectivity index (χ3v) is 7.92. The van der Waals surface area contributed by atoms with E-state index in [9.17, 15) is 9.18 Å². The summed E-state index contributed by atoms with van der Waals surface area (Å²) in [6.45, 7) is 4.37. The van der Waals surface area contributed by atoms with Gasteiger partial charge in [0, 0.05) is 13.0 Å². The molecule has 3 fully saturated rings. The molecule has 0 aliphatic carbocycles. The summed E-state index contributed by atoms with van der Waals surface area (Å²) in [6, 6.07) is 12.3. The van der Waals surface area contributed by atoms with Crippen molar-refractivity contribution in [2.75, 3.05) is 32.8 Å².